The standard InChI is InChI=1S/C23H44O5/c1-2-3-4-5-6-7-8-9-10-11-12-13-14-15-16-17-27-21(18-24)23-22(26)20(25)19-28-23/h14-15,20-26H,2-13,16-19H2,1H3/b15-14+/t20-,21+,22-,23-/m0/s1. The molecule has 4 atom stereocenters. The summed E-state index contributed by atoms with van der Waals surface area (Å²) in [7, 11) is 0. The van der Waals surface area contributed by atoms with Crippen LogP contribution in [0.15, 0.2) is 12.2 Å². The van der Waals surface area contributed by atoms with Gasteiger partial charge in [-0.2, -0.15) is 0 Å². The fourth-order valence-electron chi connectivity index (χ4n) is 3.65. The third kappa shape index (κ3) is 11.5. The Morgan fingerprint density at radius 3 is 2.00 bits per heavy atom. The van der Waals surface area contributed by atoms with Gasteiger partial charge in [-0.05, 0) is 19.3 Å². The zero-order chi connectivity index (χ0) is 20.5. The summed E-state index contributed by atoms with van der Waals surface area (Å²) in [6.07, 6.45) is 18.1. The van der Waals surface area contributed by atoms with Gasteiger partial charge in [0.2, 0.25) is 0 Å². The number of unbranched alkanes of at least 4 members (excludes halogenated alkanes) is 11. The van der Waals surface area contributed by atoms with Crippen LogP contribution >= 0.6 is 0 Å². The maximum absolute atomic E-state index is 9.81. The van der Waals surface area contributed by atoms with E-state index in [2.05, 4.69) is 19.1 Å². The average molecular weight is 401 g/mol. The van der Waals surface area contributed by atoms with E-state index < -0.39 is 24.4 Å². The van der Waals surface area contributed by atoms with Crippen LogP contribution in [0, 0.1) is 0 Å². The van der Waals surface area contributed by atoms with Crippen molar-refractivity contribution in [2.75, 3.05) is 19.8 Å². The Labute approximate surface area is 172 Å². The second-order valence-electron chi connectivity index (χ2n) is 8.03. The molecule has 5 nitrogen and oxygen atoms in total. The SMILES string of the molecule is CCCCCCCCCCCCC/C=C/CCO[C@H](CO)[C@@H]1OC[C@H](O)[C@@H]1O. The first kappa shape index (κ1) is 25.6. The van der Waals surface area contributed by atoms with Crippen LogP contribution in [0.1, 0.15) is 90.4 Å². The van der Waals surface area contributed by atoms with Crippen molar-refractivity contribution in [3.05, 3.63) is 12.2 Å². The minimum atomic E-state index is -0.992. The van der Waals surface area contributed by atoms with Crippen LogP contribution in [-0.4, -0.2) is 59.6 Å². The summed E-state index contributed by atoms with van der Waals surface area (Å²) in [5.41, 5.74) is 0. The molecule has 1 aliphatic rings. The maximum Gasteiger partial charge on any atom is 0.114 e. The van der Waals surface area contributed by atoms with E-state index in [0.717, 1.165) is 12.8 Å². The predicted molar refractivity (Wildman–Crippen MR) is 113 cm³/mol. The molecular weight excluding hydrogens is 356 g/mol. The summed E-state index contributed by atoms with van der Waals surface area (Å²) in [4.78, 5) is 0. The van der Waals surface area contributed by atoms with Crippen molar-refractivity contribution in [3.63, 3.8) is 0 Å². The Kier molecular flexibility index (Phi) is 15.9. The van der Waals surface area contributed by atoms with Gasteiger partial charge in [-0.15, -0.1) is 0 Å². The molecule has 1 saturated heterocycles. The van der Waals surface area contributed by atoms with Crippen LogP contribution in [0.3, 0.4) is 0 Å². The molecule has 0 amide bonds. The van der Waals surface area contributed by atoms with Gasteiger partial charge in [-0.3, -0.25) is 0 Å². The highest BCUT2D eigenvalue weighted by atomic mass is 16.6. The number of ether oxygens (including phenoxy) is 2. The minimum absolute atomic E-state index is 0.0879. The molecule has 5 heteroatoms. The van der Waals surface area contributed by atoms with E-state index in [9.17, 15) is 15.3 Å². The van der Waals surface area contributed by atoms with E-state index in [-0.39, 0.29) is 13.2 Å². The Balaban J connectivity index is 1.89. The lowest BCUT2D eigenvalue weighted by atomic mass is 10.1. The van der Waals surface area contributed by atoms with Gasteiger partial charge in [0.25, 0.3) is 0 Å². The van der Waals surface area contributed by atoms with Crippen LogP contribution in [0.4, 0.5) is 0 Å². The molecule has 0 saturated carbocycles. The van der Waals surface area contributed by atoms with Gasteiger partial charge < -0.3 is 24.8 Å². The largest absolute Gasteiger partial charge is 0.394 e. The zero-order valence-electron chi connectivity index (χ0n) is 17.9. The van der Waals surface area contributed by atoms with Crippen LogP contribution in [0.5, 0.6) is 0 Å². The van der Waals surface area contributed by atoms with E-state index in [4.69, 9.17) is 9.47 Å². The van der Waals surface area contributed by atoms with Gasteiger partial charge >= 0.3 is 0 Å². The summed E-state index contributed by atoms with van der Waals surface area (Å²) >= 11 is 0. The molecule has 0 radical (unpaired) electrons. The molecule has 0 aromatic heterocycles. The van der Waals surface area contributed by atoms with Gasteiger partial charge in [0.15, 0.2) is 0 Å². The summed E-state index contributed by atoms with van der Waals surface area (Å²) in [6.45, 7) is 2.60. The van der Waals surface area contributed by atoms with E-state index >= 15 is 0 Å². The molecule has 3 N–H and O–H groups in total. The highest BCUT2D eigenvalue weighted by Gasteiger charge is 2.40. The lowest BCUT2D eigenvalue weighted by Crippen LogP contribution is -2.42. The van der Waals surface area contributed by atoms with Crippen molar-refractivity contribution in [1.29, 1.82) is 0 Å². The summed E-state index contributed by atoms with van der Waals surface area (Å²) in [5, 5.41) is 28.7. The lowest BCUT2D eigenvalue weighted by Gasteiger charge is -2.24. The molecular formula is C23H44O5. The smallest absolute Gasteiger partial charge is 0.114 e. The van der Waals surface area contributed by atoms with Crippen LogP contribution < -0.4 is 0 Å². The first-order chi connectivity index (χ1) is 13.7. The molecule has 0 aromatic carbocycles. The topological polar surface area (TPSA) is 79.2 Å². The van der Waals surface area contributed by atoms with Crippen LogP contribution in [-0.2, 0) is 9.47 Å². The van der Waals surface area contributed by atoms with Crippen LogP contribution in [0.2, 0.25) is 0 Å². The molecule has 0 aromatic rings. The highest BCUT2D eigenvalue weighted by molar-refractivity contribution is 4.89. The van der Waals surface area contributed by atoms with Crippen molar-refractivity contribution in [2.24, 2.45) is 0 Å². The molecule has 28 heavy (non-hydrogen) atoms. The van der Waals surface area contributed by atoms with Crippen molar-refractivity contribution >= 4 is 0 Å². The summed E-state index contributed by atoms with van der Waals surface area (Å²) in [6, 6.07) is 0. The number of rotatable bonds is 18. The monoisotopic (exact) mass is 400 g/mol. The van der Waals surface area contributed by atoms with E-state index in [1.54, 1.807) is 0 Å². The second kappa shape index (κ2) is 17.4. The first-order valence-corrected chi connectivity index (χ1v) is 11.6. The first-order valence-electron chi connectivity index (χ1n) is 11.6. The minimum Gasteiger partial charge on any atom is -0.394 e. The zero-order valence-corrected chi connectivity index (χ0v) is 17.9. The van der Waals surface area contributed by atoms with Gasteiger partial charge in [0, 0.05) is 0 Å². The normalized spacial score (nSPS) is 23.6. The predicted octanol–water partition coefficient (Wildman–Crippen LogP) is 4.13. The molecule has 1 aliphatic heterocycles. The van der Waals surface area contributed by atoms with Crippen molar-refractivity contribution in [3.8, 4) is 0 Å². The second-order valence-corrected chi connectivity index (χ2v) is 8.03. The maximum atomic E-state index is 9.81. The molecule has 1 rings (SSSR count). The van der Waals surface area contributed by atoms with E-state index in [0.29, 0.717) is 6.61 Å². The van der Waals surface area contributed by atoms with Gasteiger partial charge in [-0.1, -0.05) is 83.3 Å². The fourth-order valence-corrected chi connectivity index (χ4v) is 3.65. The average Bonchev–Trinajstić information content (AvgIpc) is 3.03. The summed E-state index contributed by atoms with van der Waals surface area (Å²) in [5.74, 6) is 0. The Bertz CT molecular complexity index is 374. The molecule has 0 bridgehead atoms. The van der Waals surface area contributed by atoms with Crippen molar-refractivity contribution in [2.45, 2.75) is 115 Å². The van der Waals surface area contributed by atoms with Gasteiger partial charge in [-0.25, -0.2) is 0 Å². The number of hydrogen-bond acceptors (Lipinski definition) is 5. The molecule has 0 aliphatic carbocycles. The summed E-state index contributed by atoms with van der Waals surface area (Å²) < 4.78 is 10.9. The Hall–Kier alpha value is -0.460. The van der Waals surface area contributed by atoms with Crippen LogP contribution in [0.25, 0.3) is 0 Å². The van der Waals surface area contributed by atoms with E-state index in [1.165, 1.54) is 70.6 Å². The van der Waals surface area contributed by atoms with Gasteiger partial charge in [0.05, 0.1) is 19.8 Å². The quantitative estimate of drug-likeness (QED) is 0.238. The molecule has 1 heterocycles. The number of aliphatic hydroxyl groups is 3. The van der Waals surface area contributed by atoms with Crippen molar-refractivity contribution in [1.82, 2.24) is 0 Å². The fraction of sp³-hybridized carbons (Fsp3) is 0.913. The third-order valence-electron chi connectivity index (χ3n) is 5.49. The number of aliphatic hydroxyl groups excluding tert-OH is 3. The van der Waals surface area contributed by atoms with E-state index in [1.807, 2.05) is 0 Å². The number of allylic oxidation sites excluding steroid dienone is 1. The Morgan fingerprint density at radius 1 is 0.893 bits per heavy atom. The third-order valence-corrected chi connectivity index (χ3v) is 5.49. The molecule has 0 spiro atoms. The van der Waals surface area contributed by atoms with Gasteiger partial charge in [0.1, 0.15) is 24.4 Å². The lowest BCUT2D eigenvalue weighted by molar-refractivity contribution is -0.0996. The molecule has 1 fully saturated rings. The molecule has 166 valence electrons. The molecule has 0 unspecified atom stereocenters. The van der Waals surface area contributed by atoms with Crippen molar-refractivity contribution < 1.29 is 24.8 Å². The number of hydrogen-bond donors (Lipinski definition) is 3. The Morgan fingerprint density at radius 2 is 1.46 bits per heavy atom. The highest BCUT2D eigenvalue weighted by Crippen LogP contribution is 2.19.